The fourth-order valence-electron chi connectivity index (χ4n) is 2.68. The van der Waals surface area contributed by atoms with Gasteiger partial charge in [-0.25, -0.2) is 0 Å². The van der Waals surface area contributed by atoms with Gasteiger partial charge in [0.1, 0.15) is 5.75 Å². The van der Waals surface area contributed by atoms with Crippen LogP contribution in [0.1, 0.15) is 24.0 Å². The Bertz CT molecular complexity index is 536. The van der Waals surface area contributed by atoms with Gasteiger partial charge < -0.3 is 9.84 Å². The monoisotopic (exact) mass is 274 g/mol. The quantitative estimate of drug-likeness (QED) is 0.887. The third kappa shape index (κ3) is 3.49. The third-order valence-corrected chi connectivity index (χ3v) is 3.64. The number of hydrogen-bond donors (Lipinski definition) is 1. The van der Waals surface area contributed by atoms with Crippen LogP contribution in [0.3, 0.4) is 0 Å². The molecule has 1 aliphatic rings. The van der Waals surface area contributed by atoms with E-state index in [2.05, 4.69) is 11.0 Å². The fraction of sp³-hybridized carbons (Fsp3) is 0.467. The van der Waals surface area contributed by atoms with Gasteiger partial charge in [0.05, 0.1) is 18.7 Å². The van der Waals surface area contributed by atoms with Gasteiger partial charge in [-0.2, -0.15) is 5.26 Å². The molecule has 2 rings (SSSR count). The van der Waals surface area contributed by atoms with Gasteiger partial charge in [-0.05, 0) is 37.1 Å². The van der Waals surface area contributed by atoms with Crippen LogP contribution in [0.2, 0.25) is 0 Å². The van der Waals surface area contributed by atoms with Crippen molar-refractivity contribution in [3.05, 3.63) is 29.3 Å². The Morgan fingerprint density at radius 3 is 3.05 bits per heavy atom. The maximum atomic E-state index is 10.7. The first-order chi connectivity index (χ1) is 9.62. The van der Waals surface area contributed by atoms with Gasteiger partial charge in [-0.3, -0.25) is 9.69 Å². The minimum absolute atomic E-state index is 0.220. The van der Waals surface area contributed by atoms with E-state index in [1.54, 1.807) is 19.2 Å². The number of likely N-dealkylation sites (tertiary alicyclic amines) is 1. The summed E-state index contributed by atoms with van der Waals surface area (Å²) >= 11 is 0. The number of ether oxygens (including phenoxy) is 1. The zero-order valence-corrected chi connectivity index (χ0v) is 11.5. The zero-order chi connectivity index (χ0) is 14.5. The smallest absolute Gasteiger partial charge is 0.303 e. The lowest BCUT2D eigenvalue weighted by atomic mass is 10.1. The molecule has 0 aromatic heterocycles. The van der Waals surface area contributed by atoms with Crippen LogP contribution in [0.25, 0.3) is 0 Å². The molecular weight excluding hydrogens is 256 g/mol. The van der Waals surface area contributed by atoms with Gasteiger partial charge in [-0.15, -0.1) is 0 Å². The number of hydrogen-bond acceptors (Lipinski definition) is 4. The Labute approximate surface area is 118 Å². The molecule has 1 aliphatic heterocycles. The highest BCUT2D eigenvalue weighted by Gasteiger charge is 2.25. The molecule has 1 aromatic rings. The van der Waals surface area contributed by atoms with E-state index in [0.29, 0.717) is 12.1 Å². The van der Waals surface area contributed by atoms with Crippen LogP contribution in [0.5, 0.6) is 5.75 Å². The van der Waals surface area contributed by atoms with Gasteiger partial charge in [0.2, 0.25) is 0 Å². The topological polar surface area (TPSA) is 73.6 Å². The van der Waals surface area contributed by atoms with Crippen molar-refractivity contribution >= 4 is 5.97 Å². The second kappa shape index (κ2) is 6.40. The van der Waals surface area contributed by atoms with E-state index in [4.69, 9.17) is 15.1 Å². The van der Waals surface area contributed by atoms with E-state index in [0.717, 1.165) is 30.8 Å². The standard InChI is InChI=1S/C15H18N2O3/c1-20-14-3-2-11(8-16)6-13(14)10-17-5-4-12(9-17)7-15(18)19/h2-3,6,12H,4-5,7,9-10H2,1H3,(H,18,19). The summed E-state index contributed by atoms with van der Waals surface area (Å²) in [5, 5.41) is 17.8. The van der Waals surface area contributed by atoms with Gasteiger partial charge in [0.15, 0.2) is 0 Å². The summed E-state index contributed by atoms with van der Waals surface area (Å²) in [4.78, 5) is 12.9. The minimum atomic E-state index is -0.735. The van der Waals surface area contributed by atoms with Gasteiger partial charge >= 0.3 is 5.97 Å². The lowest BCUT2D eigenvalue weighted by Crippen LogP contribution is -2.21. The van der Waals surface area contributed by atoms with E-state index >= 15 is 0 Å². The lowest BCUT2D eigenvalue weighted by Gasteiger charge is -2.17. The number of methoxy groups -OCH3 is 1. The molecule has 0 bridgehead atoms. The predicted octanol–water partition coefficient (Wildman–Crippen LogP) is 1.86. The molecule has 0 aliphatic carbocycles. The number of carboxylic acid groups (broad SMARTS) is 1. The van der Waals surface area contributed by atoms with Crippen molar-refractivity contribution in [1.29, 1.82) is 5.26 Å². The summed E-state index contributed by atoms with van der Waals surface area (Å²) < 4.78 is 5.32. The Balaban J connectivity index is 2.03. The Morgan fingerprint density at radius 2 is 2.40 bits per heavy atom. The first-order valence-corrected chi connectivity index (χ1v) is 6.63. The maximum absolute atomic E-state index is 10.7. The van der Waals surface area contributed by atoms with Crippen LogP contribution in [0.15, 0.2) is 18.2 Å². The minimum Gasteiger partial charge on any atom is -0.496 e. The second-order valence-corrected chi connectivity index (χ2v) is 5.13. The molecule has 1 heterocycles. The molecular formula is C15H18N2O3. The van der Waals surface area contributed by atoms with E-state index in [-0.39, 0.29) is 12.3 Å². The van der Waals surface area contributed by atoms with E-state index in [1.165, 1.54) is 0 Å². The molecule has 1 unspecified atom stereocenters. The summed E-state index contributed by atoms with van der Waals surface area (Å²) in [7, 11) is 1.61. The maximum Gasteiger partial charge on any atom is 0.303 e. The molecule has 1 N–H and O–H groups in total. The molecule has 5 heteroatoms. The zero-order valence-electron chi connectivity index (χ0n) is 11.5. The van der Waals surface area contributed by atoms with Crippen LogP contribution in [0, 0.1) is 17.2 Å². The lowest BCUT2D eigenvalue weighted by molar-refractivity contribution is -0.138. The van der Waals surface area contributed by atoms with E-state index < -0.39 is 5.97 Å². The number of nitrogens with zero attached hydrogens (tertiary/aromatic N) is 2. The highest BCUT2D eigenvalue weighted by molar-refractivity contribution is 5.67. The highest BCUT2D eigenvalue weighted by atomic mass is 16.5. The second-order valence-electron chi connectivity index (χ2n) is 5.13. The van der Waals surface area contributed by atoms with Crippen LogP contribution >= 0.6 is 0 Å². The molecule has 106 valence electrons. The molecule has 20 heavy (non-hydrogen) atoms. The van der Waals surface area contributed by atoms with Crippen LogP contribution in [-0.4, -0.2) is 36.2 Å². The van der Waals surface area contributed by atoms with Crippen LogP contribution in [-0.2, 0) is 11.3 Å². The number of nitriles is 1. The normalized spacial score (nSPS) is 18.7. The molecule has 1 aromatic carbocycles. The largest absolute Gasteiger partial charge is 0.496 e. The average Bonchev–Trinajstić information content (AvgIpc) is 2.85. The van der Waals surface area contributed by atoms with Crippen molar-refractivity contribution in [2.24, 2.45) is 5.92 Å². The number of aliphatic carboxylic acids is 1. The molecule has 0 radical (unpaired) electrons. The van der Waals surface area contributed by atoms with Crippen molar-refractivity contribution in [2.75, 3.05) is 20.2 Å². The molecule has 1 fully saturated rings. The van der Waals surface area contributed by atoms with Crippen molar-refractivity contribution in [1.82, 2.24) is 4.90 Å². The first-order valence-electron chi connectivity index (χ1n) is 6.63. The Hall–Kier alpha value is -2.06. The molecule has 0 amide bonds. The Kier molecular flexibility index (Phi) is 4.59. The number of rotatable bonds is 5. The van der Waals surface area contributed by atoms with Crippen molar-refractivity contribution in [3.63, 3.8) is 0 Å². The van der Waals surface area contributed by atoms with Crippen LogP contribution in [0.4, 0.5) is 0 Å². The summed E-state index contributed by atoms with van der Waals surface area (Å²) in [6.45, 7) is 2.36. The van der Waals surface area contributed by atoms with E-state index in [1.807, 2.05) is 6.07 Å². The molecule has 1 atom stereocenters. The highest BCUT2D eigenvalue weighted by Crippen LogP contribution is 2.26. The Morgan fingerprint density at radius 1 is 1.60 bits per heavy atom. The van der Waals surface area contributed by atoms with Gasteiger partial charge in [0, 0.05) is 25.1 Å². The first kappa shape index (κ1) is 14.4. The number of carbonyl (C=O) groups is 1. The predicted molar refractivity (Wildman–Crippen MR) is 73.3 cm³/mol. The van der Waals surface area contributed by atoms with Crippen LogP contribution < -0.4 is 4.74 Å². The van der Waals surface area contributed by atoms with Crippen molar-refractivity contribution in [3.8, 4) is 11.8 Å². The summed E-state index contributed by atoms with van der Waals surface area (Å²) in [6, 6.07) is 7.50. The molecule has 1 saturated heterocycles. The summed E-state index contributed by atoms with van der Waals surface area (Å²) in [5.41, 5.74) is 1.59. The van der Waals surface area contributed by atoms with Crippen molar-refractivity contribution in [2.45, 2.75) is 19.4 Å². The number of benzene rings is 1. The summed E-state index contributed by atoms with van der Waals surface area (Å²) in [5.74, 6) is 0.254. The summed E-state index contributed by atoms with van der Waals surface area (Å²) in [6.07, 6.45) is 1.14. The molecule has 0 spiro atoms. The van der Waals surface area contributed by atoms with Gasteiger partial charge in [0.25, 0.3) is 0 Å². The average molecular weight is 274 g/mol. The van der Waals surface area contributed by atoms with Crippen molar-refractivity contribution < 1.29 is 14.6 Å². The SMILES string of the molecule is COc1ccc(C#N)cc1CN1CCC(CC(=O)O)C1. The third-order valence-electron chi connectivity index (χ3n) is 3.64. The molecule has 5 nitrogen and oxygen atoms in total. The molecule has 0 saturated carbocycles. The van der Waals surface area contributed by atoms with E-state index in [9.17, 15) is 4.79 Å². The van der Waals surface area contributed by atoms with Gasteiger partial charge in [-0.1, -0.05) is 0 Å². The fourth-order valence-corrected chi connectivity index (χ4v) is 2.68. The number of carboxylic acids is 1.